The Kier molecular flexibility index (Phi) is 4.16. The number of hydrogen-bond acceptors (Lipinski definition) is 7. The van der Waals surface area contributed by atoms with E-state index in [0.29, 0.717) is 5.95 Å². The molecule has 0 aromatic carbocycles. The van der Waals surface area contributed by atoms with Crippen molar-refractivity contribution < 1.29 is 15.2 Å². The van der Waals surface area contributed by atoms with Gasteiger partial charge in [-0.3, -0.25) is 20.2 Å². The second-order valence-corrected chi connectivity index (χ2v) is 1.39. The van der Waals surface area contributed by atoms with Gasteiger partial charge in [0.15, 0.2) is 0 Å². The smallest absolute Gasteiger partial charge is 0.304 e. The summed E-state index contributed by atoms with van der Waals surface area (Å²) in [6.45, 7) is 0. The monoisotopic (exact) mass is 192 g/mol. The molecule has 1 rings (SSSR count). The second-order valence-electron chi connectivity index (χ2n) is 1.39. The van der Waals surface area contributed by atoms with Gasteiger partial charge in [0.05, 0.1) is 5.10 Å². The van der Waals surface area contributed by atoms with Crippen LogP contribution in [0.5, 0.6) is 0 Å². The number of aromatic amines is 2. The van der Waals surface area contributed by atoms with Gasteiger partial charge < -0.3 is 5.73 Å². The molecule has 0 aliphatic heterocycles. The summed E-state index contributed by atoms with van der Waals surface area (Å²) in [5, 5.41) is 26.6. The van der Waals surface area contributed by atoms with E-state index < -0.39 is 10.1 Å². The lowest BCUT2D eigenvalue weighted by Gasteiger charge is -1.92. The van der Waals surface area contributed by atoms with Gasteiger partial charge >= 0.3 is 5.95 Å². The third kappa shape index (κ3) is 7.37. The highest BCUT2D eigenvalue weighted by atomic mass is 16.8. The highest BCUT2D eigenvalue weighted by Crippen LogP contribution is 1.82. The zero-order valence-electron chi connectivity index (χ0n) is 5.95. The fourth-order valence-electron chi connectivity index (χ4n) is 0.246. The Hall–Kier alpha value is -2.53. The molecule has 12 heteroatoms. The molecule has 0 spiro atoms. The molecule has 72 valence electrons. The third-order valence-electron chi connectivity index (χ3n) is 0.538. The van der Waals surface area contributed by atoms with Gasteiger partial charge in [-0.1, -0.05) is 0 Å². The number of tetrazole rings is 1. The molecule has 0 bridgehead atoms. The number of nitro groups is 2. The lowest BCUT2D eigenvalue weighted by molar-refractivity contribution is -0.618. The van der Waals surface area contributed by atoms with E-state index in [1.165, 1.54) is 0 Å². The maximum absolute atomic E-state index is 9.01. The number of nitrogens with one attached hydrogen (secondary N) is 2. The molecule has 12 nitrogen and oxygen atoms in total. The number of nitrogens with zero attached hydrogens (tertiary/aromatic N) is 5. The van der Waals surface area contributed by atoms with Crippen molar-refractivity contribution in [2.24, 2.45) is 0 Å². The Bertz CT molecular complexity index is 254. The fraction of sp³-hybridized carbons (Fsp3) is 0. The normalized spacial score (nSPS) is 8.00. The van der Waals surface area contributed by atoms with Crippen LogP contribution in [0.3, 0.4) is 0 Å². The van der Waals surface area contributed by atoms with Crippen LogP contribution >= 0.6 is 0 Å². The van der Waals surface area contributed by atoms with Gasteiger partial charge in [0.25, 0.3) is 0 Å². The largest absolute Gasteiger partial charge is 0.394 e. The minimum absolute atomic E-state index is 0.301. The number of hydrogen-bond donors (Lipinski definition) is 2. The van der Waals surface area contributed by atoms with E-state index in [9.17, 15) is 0 Å². The van der Waals surface area contributed by atoms with Gasteiger partial charge in [-0.15, -0.1) is 5.21 Å². The Morgan fingerprint density at radius 2 is 2.00 bits per heavy atom. The van der Waals surface area contributed by atoms with Gasteiger partial charge in [0.2, 0.25) is 0 Å². The van der Waals surface area contributed by atoms with E-state index in [0.717, 1.165) is 0 Å². The molecule has 0 saturated carbocycles. The standard InChI is InChI=1S/CH3N5.N3O4/c2-1-3-5-6-4-1;4-2(5)1-3(6)7/h(H3,2,3,4,5,6);/q;-1/p+1. The lowest BCUT2D eigenvalue weighted by Crippen LogP contribution is -2.07. The van der Waals surface area contributed by atoms with Crippen LogP contribution in [-0.2, 0) is 0 Å². The van der Waals surface area contributed by atoms with Crippen molar-refractivity contribution in [2.75, 3.05) is 5.73 Å². The van der Waals surface area contributed by atoms with Crippen molar-refractivity contribution in [3.63, 3.8) is 0 Å². The molecule has 4 N–H and O–H groups in total. The summed E-state index contributed by atoms with van der Waals surface area (Å²) in [6.07, 6.45) is 0. The van der Waals surface area contributed by atoms with E-state index >= 15 is 0 Å². The average Bonchev–Trinajstić information content (AvgIpc) is 2.37. The molecule has 0 atom stereocenters. The number of aromatic nitrogens is 4. The number of anilines is 1. The Morgan fingerprint density at radius 3 is 2.08 bits per heavy atom. The summed E-state index contributed by atoms with van der Waals surface area (Å²) < 4.78 is 0. The molecule has 1 aromatic heterocycles. The van der Waals surface area contributed by atoms with Crippen LogP contribution in [-0.4, -0.2) is 25.6 Å². The first kappa shape index (κ1) is 10.5. The summed E-state index contributed by atoms with van der Waals surface area (Å²) in [6, 6.07) is 0. The molecule has 0 unspecified atom stereocenters. The maximum Gasteiger partial charge on any atom is 0.394 e. The van der Waals surface area contributed by atoms with Gasteiger partial charge in [-0.25, -0.2) is 0 Å². The summed E-state index contributed by atoms with van der Waals surface area (Å²) in [7, 11) is 0. The molecular formula is CH4N8O4. The summed E-state index contributed by atoms with van der Waals surface area (Å²) >= 11 is 0. The van der Waals surface area contributed by atoms with E-state index in [-0.39, 0.29) is 0 Å². The van der Waals surface area contributed by atoms with Gasteiger partial charge in [0.1, 0.15) is 5.21 Å². The molecule has 0 aliphatic carbocycles. The van der Waals surface area contributed by atoms with Crippen LogP contribution in [0.15, 0.2) is 0 Å². The minimum Gasteiger partial charge on any atom is -0.304 e. The van der Waals surface area contributed by atoms with Crippen molar-refractivity contribution in [1.29, 1.82) is 0 Å². The van der Waals surface area contributed by atoms with Gasteiger partial charge in [-0.05, 0) is 5.53 Å². The number of nitrogen functional groups attached to an aromatic ring is 1. The van der Waals surface area contributed by atoms with Crippen LogP contribution in [0.25, 0.3) is 5.53 Å². The first-order valence-electron chi connectivity index (χ1n) is 2.57. The molecule has 1 aromatic rings. The van der Waals surface area contributed by atoms with Crippen molar-refractivity contribution >= 4 is 5.95 Å². The highest BCUT2D eigenvalue weighted by Gasteiger charge is 1.89. The molecule has 1 heterocycles. The Morgan fingerprint density at radius 1 is 1.46 bits per heavy atom. The predicted molar refractivity (Wildman–Crippen MR) is 34.7 cm³/mol. The van der Waals surface area contributed by atoms with Crippen LogP contribution in [0.1, 0.15) is 0 Å². The van der Waals surface area contributed by atoms with Crippen LogP contribution in [0.4, 0.5) is 5.95 Å². The molecule has 13 heavy (non-hydrogen) atoms. The van der Waals surface area contributed by atoms with Crippen LogP contribution in [0, 0.1) is 20.2 Å². The maximum atomic E-state index is 9.01. The number of rotatable bonds is 2. The van der Waals surface area contributed by atoms with Crippen LogP contribution in [0.2, 0.25) is 0 Å². The molecule has 0 saturated heterocycles. The molecular weight excluding hydrogens is 188 g/mol. The lowest BCUT2D eigenvalue weighted by atomic mass is 11.2. The van der Waals surface area contributed by atoms with Gasteiger partial charge in [-0.2, -0.15) is 5.10 Å². The van der Waals surface area contributed by atoms with E-state index in [2.05, 4.69) is 20.6 Å². The fourth-order valence-corrected chi connectivity index (χ4v) is 0.246. The summed E-state index contributed by atoms with van der Waals surface area (Å²) in [4.78, 5) is 18.0. The molecule has 0 aliphatic rings. The Balaban J connectivity index is 0.000000223. The summed E-state index contributed by atoms with van der Waals surface area (Å²) in [5.41, 5.74) is 6.74. The van der Waals surface area contributed by atoms with E-state index in [4.69, 9.17) is 26.0 Å². The second kappa shape index (κ2) is 5.16. The zero-order chi connectivity index (χ0) is 10.3. The first-order chi connectivity index (χ1) is 6.02. The molecule has 0 amide bonds. The minimum atomic E-state index is -1.38. The van der Waals surface area contributed by atoms with Crippen molar-refractivity contribution in [3.8, 4) is 0 Å². The van der Waals surface area contributed by atoms with Crippen molar-refractivity contribution in [3.05, 3.63) is 25.8 Å². The summed E-state index contributed by atoms with van der Waals surface area (Å²) in [5.74, 6) is 0.301. The zero-order valence-corrected chi connectivity index (χ0v) is 5.95. The van der Waals surface area contributed by atoms with E-state index in [1.54, 1.807) is 5.53 Å². The molecule has 0 fully saturated rings. The SMILES string of the molecule is Nc1nn[nH][nH+]1.O=[N+]([O-])[N-][N+](=O)[O-]. The molecule has 0 radical (unpaired) electrons. The topological polar surface area (TPSA) is 182 Å². The predicted octanol–water partition coefficient (Wildman–Crippen LogP) is -2.06. The van der Waals surface area contributed by atoms with Crippen molar-refractivity contribution in [1.82, 2.24) is 15.5 Å². The quantitative estimate of drug-likeness (QED) is 0.398. The highest BCUT2D eigenvalue weighted by molar-refractivity contribution is 4.96. The Labute approximate surface area is 69.3 Å². The number of nitrogens with two attached hydrogens (primary N) is 1. The number of H-pyrrole nitrogens is 2. The van der Waals surface area contributed by atoms with Gasteiger partial charge in [0, 0.05) is 10.1 Å². The average molecular weight is 192 g/mol. The van der Waals surface area contributed by atoms with E-state index in [1.807, 2.05) is 0 Å². The third-order valence-corrected chi connectivity index (χ3v) is 0.538. The van der Waals surface area contributed by atoms with Crippen LogP contribution < -0.4 is 10.8 Å². The van der Waals surface area contributed by atoms with Crippen molar-refractivity contribution in [2.45, 2.75) is 0 Å². The first-order valence-corrected chi connectivity index (χ1v) is 2.57.